The van der Waals surface area contributed by atoms with E-state index in [2.05, 4.69) is 26.2 Å². The summed E-state index contributed by atoms with van der Waals surface area (Å²) in [5.41, 5.74) is 0.935. The van der Waals surface area contributed by atoms with Crippen molar-refractivity contribution in [2.75, 3.05) is 5.32 Å². The number of nitrogens with one attached hydrogen (secondary N) is 1. The van der Waals surface area contributed by atoms with Gasteiger partial charge in [0.2, 0.25) is 10.0 Å². The summed E-state index contributed by atoms with van der Waals surface area (Å²) in [6.07, 6.45) is 1.69. The molecular weight excluding hydrogens is 330 g/mol. The van der Waals surface area contributed by atoms with E-state index in [1.807, 2.05) is 12.1 Å². The molecule has 0 spiro atoms. The molecule has 0 amide bonds. The molecule has 0 saturated carbocycles. The van der Waals surface area contributed by atoms with E-state index in [1.54, 1.807) is 18.3 Å². The quantitative estimate of drug-likeness (QED) is 0.891. The molecule has 0 radical (unpaired) electrons. The van der Waals surface area contributed by atoms with E-state index in [1.165, 1.54) is 12.1 Å². The van der Waals surface area contributed by atoms with Crippen LogP contribution in [0.4, 0.5) is 5.82 Å². The second kappa shape index (κ2) is 5.68. The van der Waals surface area contributed by atoms with Crippen molar-refractivity contribution in [3.63, 3.8) is 0 Å². The smallest absolute Gasteiger partial charge is 0.238 e. The predicted octanol–water partition coefficient (Wildman–Crippen LogP) is 2.10. The maximum atomic E-state index is 11.1. The molecule has 0 fully saturated rings. The van der Waals surface area contributed by atoms with Crippen LogP contribution in [-0.4, -0.2) is 13.4 Å². The molecule has 7 heteroatoms. The lowest BCUT2D eigenvalue weighted by Crippen LogP contribution is -2.12. The van der Waals surface area contributed by atoms with Crippen LogP contribution in [0.5, 0.6) is 0 Å². The third-order valence-electron chi connectivity index (χ3n) is 2.47. The first-order valence-corrected chi connectivity index (χ1v) is 7.77. The van der Waals surface area contributed by atoms with Gasteiger partial charge in [-0.3, -0.25) is 0 Å². The number of nitrogens with zero attached hydrogens (tertiary/aromatic N) is 1. The van der Waals surface area contributed by atoms with Crippen molar-refractivity contribution in [1.82, 2.24) is 4.98 Å². The highest BCUT2D eigenvalue weighted by Crippen LogP contribution is 2.19. The van der Waals surface area contributed by atoms with E-state index < -0.39 is 10.0 Å². The molecule has 0 unspecified atom stereocenters. The normalized spacial score (nSPS) is 11.3. The van der Waals surface area contributed by atoms with Gasteiger partial charge < -0.3 is 5.32 Å². The molecule has 3 N–H and O–H groups in total. The number of aromatic nitrogens is 1. The summed E-state index contributed by atoms with van der Waals surface area (Å²) in [4.78, 5) is 4.28. The summed E-state index contributed by atoms with van der Waals surface area (Å²) in [6.45, 7) is 0.542. The first-order valence-electron chi connectivity index (χ1n) is 5.43. The monoisotopic (exact) mass is 341 g/mol. The van der Waals surface area contributed by atoms with E-state index >= 15 is 0 Å². The summed E-state index contributed by atoms with van der Waals surface area (Å²) in [5, 5.41) is 8.18. The average molecular weight is 342 g/mol. The Labute approximate surface area is 120 Å². The number of rotatable bonds is 4. The van der Waals surface area contributed by atoms with E-state index in [0.29, 0.717) is 6.54 Å². The van der Waals surface area contributed by atoms with Crippen molar-refractivity contribution in [3.8, 4) is 0 Å². The van der Waals surface area contributed by atoms with Crippen molar-refractivity contribution in [1.29, 1.82) is 0 Å². The van der Waals surface area contributed by atoms with E-state index in [4.69, 9.17) is 5.14 Å². The van der Waals surface area contributed by atoms with Crippen LogP contribution in [-0.2, 0) is 16.6 Å². The Kier molecular flexibility index (Phi) is 4.18. The SMILES string of the molecule is NS(=O)(=O)c1ccc(CNc2ncccc2Br)cc1. The Balaban J connectivity index is 2.07. The standard InChI is InChI=1S/C12H12BrN3O2S/c13-11-2-1-7-15-12(11)16-8-9-3-5-10(6-4-9)19(14,17)18/h1-7H,8H2,(H,15,16)(H2,14,17,18). The van der Waals surface area contributed by atoms with Gasteiger partial charge in [-0.25, -0.2) is 18.5 Å². The number of hydrogen-bond acceptors (Lipinski definition) is 4. The molecule has 0 aliphatic heterocycles. The highest BCUT2D eigenvalue weighted by atomic mass is 79.9. The third kappa shape index (κ3) is 3.76. The van der Waals surface area contributed by atoms with Gasteiger partial charge in [0.1, 0.15) is 5.82 Å². The largest absolute Gasteiger partial charge is 0.365 e. The van der Waals surface area contributed by atoms with Gasteiger partial charge in [0.15, 0.2) is 0 Å². The van der Waals surface area contributed by atoms with Gasteiger partial charge in [0.05, 0.1) is 9.37 Å². The van der Waals surface area contributed by atoms with E-state index in [-0.39, 0.29) is 4.90 Å². The molecule has 5 nitrogen and oxygen atoms in total. The number of hydrogen-bond donors (Lipinski definition) is 2. The lowest BCUT2D eigenvalue weighted by molar-refractivity contribution is 0.598. The number of sulfonamides is 1. The molecular formula is C12H12BrN3O2S. The van der Waals surface area contributed by atoms with Crippen molar-refractivity contribution in [2.24, 2.45) is 5.14 Å². The van der Waals surface area contributed by atoms with Gasteiger partial charge in [0.25, 0.3) is 0 Å². The van der Waals surface area contributed by atoms with Gasteiger partial charge in [-0.2, -0.15) is 0 Å². The van der Waals surface area contributed by atoms with E-state index in [9.17, 15) is 8.42 Å². The molecule has 0 aliphatic rings. The summed E-state index contributed by atoms with van der Waals surface area (Å²) in [7, 11) is -3.63. The summed E-state index contributed by atoms with van der Waals surface area (Å²) in [6, 6.07) is 10.1. The van der Waals surface area contributed by atoms with E-state index in [0.717, 1.165) is 15.9 Å². The van der Waals surface area contributed by atoms with Gasteiger partial charge in [-0.05, 0) is 45.8 Å². The fraction of sp³-hybridized carbons (Fsp3) is 0.0833. The number of nitrogens with two attached hydrogens (primary N) is 1. The molecule has 0 saturated heterocycles. The average Bonchev–Trinajstić information content (AvgIpc) is 2.37. The van der Waals surface area contributed by atoms with Crippen LogP contribution in [0.25, 0.3) is 0 Å². The first-order chi connectivity index (χ1) is 8.97. The zero-order valence-corrected chi connectivity index (χ0v) is 12.3. The maximum Gasteiger partial charge on any atom is 0.238 e. The summed E-state index contributed by atoms with van der Waals surface area (Å²) in [5.74, 6) is 0.734. The van der Waals surface area contributed by atoms with Gasteiger partial charge >= 0.3 is 0 Å². The van der Waals surface area contributed by atoms with Gasteiger partial charge in [-0.1, -0.05) is 12.1 Å². The van der Waals surface area contributed by atoms with Crippen molar-refractivity contribution < 1.29 is 8.42 Å². The highest BCUT2D eigenvalue weighted by molar-refractivity contribution is 9.10. The Morgan fingerprint density at radius 1 is 1.21 bits per heavy atom. The zero-order chi connectivity index (χ0) is 13.9. The Hall–Kier alpha value is -1.44. The van der Waals surface area contributed by atoms with Crippen LogP contribution in [0, 0.1) is 0 Å². The topological polar surface area (TPSA) is 85.1 Å². The molecule has 1 aromatic heterocycles. The fourth-order valence-electron chi connectivity index (χ4n) is 1.50. The minimum atomic E-state index is -3.63. The minimum absolute atomic E-state index is 0.107. The Morgan fingerprint density at radius 2 is 1.89 bits per heavy atom. The van der Waals surface area contributed by atoms with Crippen LogP contribution in [0.15, 0.2) is 52.0 Å². The molecule has 0 aliphatic carbocycles. The number of anilines is 1. The highest BCUT2D eigenvalue weighted by Gasteiger charge is 2.06. The van der Waals surface area contributed by atoms with Crippen LogP contribution in [0.3, 0.4) is 0 Å². The Bertz CT molecular complexity index is 672. The number of halogens is 1. The minimum Gasteiger partial charge on any atom is -0.365 e. The lowest BCUT2D eigenvalue weighted by atomic mass is 10.2. The van der Waals surface area contributed by atoms with Gasteiger partial charge in [0, 0.05) is 12.7 Å². The molecule has 2 rings (SSSR count). The van der Waals surface area contributed by atoms with Gasteiger partial charge in [-0.15, -0.1) is 0 Å². The molecule has 1 heterocycles. The second-order valence-electron chi connectivity index (χ2n) is 3.88. The lowest BCUT2D eigenvalue weighted by Gasteiger charge is -2.07. The number of pyridine rings is 1. The van der Waals surface area contributed by atoms with Crippen molar-refractivity contribution in [2.45, 2.75) is 11.4 Å². The maximum absolute atomic E-state index is 11.1. The predicted molar refractivity (Wildman–Crippen MR) is 77.1 cm³/mol. The molecule has 19 heavy (non-hydrogen) atoms. The van der Waals surface area contributed by atoms with Crippen LogP contribution in [0.2, 0.25) is 0 Å². The second-order valence-corrected chi connectivity index (χ2v) is 6.29. The van der Waals surface area contributed by atoms with Crippen LogP contribution in [0.1, 0.15) is 5.56 Å². The first kappa shape index (κ1) is 14.0. The van der Waals surface area contributed by atoms with Crippen LogP contribution >= 0.6 is 15.9 Å². The fourth-order valence-corrected chi connectivity index (χ4v) is 2.41. The molecule has 0 bridgehead atoms. The number of benzene rings is 1. The molecule has 1 aromatic carbocycles. The summed E-state index contributed by atoms with van der Waals surface area (Å²) < 4.78 is 23.1. The molecule has 100 valence electrons. The molecule has 2 aromatic rings. The number of primary sulfonamides is 1. The van der Waals surface area contributed by atoms with Crippen molar-refractivity contribution in [3.05, 3.63) is 52.6 Å². The Morgan fingerprint density at radius 3 is 2.47 bits per heavy atom. The third-order valence-corrected chi connectivity index (χ3v) is 4.04. The van der Waals surface area contributed by atoms with Crippen LogP contribution < -0.4 is 10.5 Å². The van der Waals surface area contributed by atoms with Crippen molar-refractivity contribution >= 4 is 31.8 Å². The summed E-state index contributed by atoms with van der Waals surface area (Å²) >= 11 is 3.39. The zero-order valence-electron chi connectivity index (χ0n) is 9.88. The molecule has 0 atom stereocenters.